The maximum absolute atomic E-state index is 10.3. The molecule has 0 spiro atoms. The van der Waals surface area contributed by atoms with Crippen LogP contribution >= 0.6 is 15.9 Å². The summed E-state index contributed by atoms with van der Waals surface area (Å²) in [7, 11) is 1.56. The van der Waals surface area contributed by atoms with Crippen LogP contribution < -0.4 is 4.74 Å². The molecule has 14 heavy (non-hydrogen) atoms. The molecule has 0 fully saturated rings. The Kier molecular flexibility index (Phi) is 4.10. The van der Waals surface area contributed by atoms with Crippen LogP contribution in [0, 0.1) is 0 Å². The van der Waals surface area contributed by atoms with Crippen molar-refractivity contribution < 1.29 is 14.6 Å². The summed E-state index contributed by atoms with van der Waals surface area (Å²) in [5.74, 6) is 0.675. The molecule has 0 aromatic heterocycles. The molecule has 0 aliphatic carbocycles. The van der Waals surface area contributed by atoms with Crippen LogP contribution in [0.2, 0.25) is 0 Å². The van der Waals surface area contributed by atoms with Crippen molar-refractivity contribution in [3.05, 3.63) is 28.2 Å². The highest BCUT2D eigenvalue weighted by Crippen LogP contribution is 2.23. The Labute approximate surface area is 90.8 Å². The van der Waals surface area contributed by atoms with E-state index in [1.165, 1.54) is 0 Å². The van der Waals surface area contributed by atoms with Crippen molar-refractivity contribution in [2.24, 2.45) is 0 Å². The highest BCUT2D eigenvalue weighted by molar-refractivity contribution is 9.10. The molecule has 4 heteroatoms. The van der Waals surface area contributed by atoms with Crippen molar-refractivity contribution in [3.8, 4) is 5.75 Å². The first-order valence-corrected chi connectivity index (χ1v) is 4.92. The second-order valence-electron chi connectivity index (χ2n) is 2.86. The van der Waals surface area contributed by atoms with E-state index in [0.717, 1.165) is 10.0 Å². The first-order chi connectivity index (χ1) is 6.67. The number of hydrogen-bond donors (Lipinski definition) is 1. The molecule has 1 rings (SSSR count). The van der Waals surface area contributed by atoms with Gasteiger partial charge in [-0.3, -0.25) is 0 Å². The number of carbonyl (C=O) groups is 1. The molecular formula is C10H11BrO3. The summed E-state index contributed by atoms with van der Waals surface area (Å²) in [4.78, 5) is 10.3. The third-order valence-electron chi connectivity index (χ3n) is 1.83. The number of halogens is 1. The van der Waals surface area contributed by atoms with Gasteiger partial charge in [-0.2, -0.15) is 0 Å². The number of ether oxygens (including phenoxy) is 1. The van der Waals surface area contributed by atoms with Gasteiger partial charge >= 0.3 is 0 Å². The Morgan fingerprint density at radius 2 is 2.36 bits per heavy atom. The molecule has 0 saturated carbocycles. The van der Waals surface area contributed by atoms with Gasteiger partial charge in [-0.15, -0.1) is 0 Å². The lowest BCUT2D eigenvalue weighted by molar-refractivity contribution is -0.114. The van der Waals surface area contributed by atoms with Crippen molar-refractivity contribution in [1.29, 1.82) is 0 Å². The molecular weight excluding hydrogens is 248 g/mol. The van der Waals surface area contributed by atoms with Crippen LogP contribution in [-0.2, 0) is 11.2 Å². The van der Waals surface area contributed by atoms with E-state index in [1.807, 2.05) is 12.1 Å². The van der Waals surface area contributed by atoms with Gasteiger partial charge in [-0.05, 0) is 23.8 Å². The van der Waals surface area contributed by atoms with E-state index < -0.39 is 6.10 Å². The highest BCUT2D eigenvalue weighted by Gasteiger charge is 2.09. The molecule has 1 atom stereocenters. The predicted molar refractivity (Wildman–Crippen MR) is 56.5 cm³/mol. The minimum absolute atomic E-state index is 0.270. The average molecular weight is 259 g/mol. The van der Waals surface area contributed by atoms with Crippen molar-refractivity contribution >= 4 is 22.2 Å². The van der Waals surface area contributed by atoms with Crippen molar-refractivity contribution in [3.63, 3.8) is 0 Å². The fourth-order valence-electron chi connectivity index (χ4n) is 1.18. The summed E-state index contributed by atoms with van der Waals surface area (Å²) in [6.07, 6.45) is -0.190. The van der Waals surface area contributed by atoms with E-state index in [0.29, 0.717) is 12.0 Å². The highest BCUT2D eigenvalue weighted by atomic mass is 79.9. The molecule has 0 aliphatic heterocycles. The molecule has 1 aromatic rings. The zero-order chi connectivity index (χ0) is 10.6. The van der Waals surface area contributed by atoms with Gasteiger partial charge in [-0.1, -0.05) is 15.9 Å². The monoisotopic (exact) mass is 258 g/mol. The smallest absolute Gasteiger partial charge is 0.148 e. The van der Waals surface area contributed by atoms with Crippen LogP contribution in [0.25, 0.3) is 0 Å². The molecule has 1 unspecified atom stereocenters. The number of aldehydes is 1. The number of benzene rings is 1. The number of aliphatic hydroxyl groups is 1. The average Bonchev–Trinajstić information content (AvgIpc) is 2.18. The van der Waals surface area contributed by atoms with Gasteiger partial charge in [-0.25, -0.2) is 0 Å². The fraction of sp³-hybridized carbons (Fsp3) is 0.300. The predicted octanol–water partition coefficient (Wildman–Crippen LogP) is 1.56. The van der Waals surface area contributed by atoms with Gasteiger partial charge in [0.1, 0.15) is 18.1 Å². The largest absolute Gasteiger partial charge is 0.496 e. The third-order valence-corrected chi connectivity index (χ3v) is 2.32. The topological polar surface area (TPSA) is 46.5 Å². The zero-order valence-electron chi connectivity index (χ0n) is 7.74. The van der Waals surface area contributed by atoms with Gasteiger partial charge in [0.2, 0.25) is 0 Å². The minimum Gasteiger partial charge on any atom is -0.496 e. The van der Waals surface area contributed by atoms with E-state index in [4.69, 9.17) is 4.74 Å². The summed E-state index contributed by atoms with van der Waals surface area (Å²) in [6.45, 7) is 0. The molecule has 0 bridgehead atoms. The van der Waals surface area contributed by atoms with Crippen molar-refractivity contribution in [1.82, 2.24) is 0 Å². The minimum atomic E-state index is -0.974. The van der Waals surface area contributed by atoms with E-state index in [-0.39, 0.29) is 6.42 Å². The first-order valence-electron chi connectivity index (χ1n) is 4.13. The molecule has 3 nitrogen and oxygen atoms in total. The van der Waals surface area contributed by atoms with E-state index in [9.17, 15) is 9.90 Å². The van der Waals surface area contributed by atoms with Gasteiger partial charge in [0.05, 0.1) is 7.11 Å². The summed E-state index contributed by atoms with van der Waals surface area (Å²) in [6, 6.07) is 5.46. The van der Waals surface area contributed by atoms with Gasteiger partial charge in [0, 0.05) is 10.9 Å². The van der Waals surface area contributed by atoms with Gasteiger partial charge < -0.3 is 14.6 Å². The van der Waals surface area contributed by atoms with Crippen LogP contribution in [0.3, 0.4) is 0 Å². The molecule has 0 saturated heterocycles. The van der Waals surface area contributed by atoms with Crippen LogP contribution in [0.5, 0.6) is 5.75 Å². The molecule has 1 aromatic carbocycles. The number of rotatable bonds is 4. The maximum Gasteiger partial charge on any atom is 0.148 e. The number of hydrogen-bond acceptors (Lipinski definition) is 3. The van der Waals surface area contributed by atoms with Crippen LogP contribution in [-0.4, -0.2) is 24.6 Å². The fourth-order valence-corrected chi connectivity index (χ4v) is 1.59. The van der Waals surface area contributed by atoms with Crippen LogP contribution in [0.4, 0.5) is 0 Å². The lowest BCUT2D eigenvalue weighted by atomic mass is 10.1. The van der Waals surface area contributed by atoms with Gasteiger partial charge in [0.25, 0.3) is 0 Å². The standard InChI is InChI=1S/C10H11BrO3/c1-14-10-3-2-8(11)4-7(10)5-9(13)6-12/h2-4,6,9,13H,5H2,1H3. The van der Waals surface area contributed by atoms with E-state index in [1.54, 1.807) is 13.2 Å². The molecule has 0 aliphatic rings. The number of aliphatic hydroxyl groups excluding tert-OH is 1. The zero-order valence-corrected chi connectivity index (χ0v) is 9.32. The normalized spacial score (nSPS) is 12.2. The molecule has 76 valence electrons. The van der Waals surface area contributed by atoms with E-state index in [2.05, 4.69) is 15.9 Å². The molecule has 1 N–H and O–H groups in total. The second kappa shape index (κ2) is 5.12. The second-order valence-corrected chi connectivity index (χ2v) is 3.78. The maximum atomic E-state index is 10.3. The Balaban J connectivity index is 2.92. The Hall–Kier alpha value is -0.870. The summed E-state index contributed by atoms with van der Waals surface area (Å²) >= 11 is 3.31. The Morgan fingerprint density at radius 1 is 1.64 bits per heavy atom. The summed E-state index contributed by atoms with van der Waals surface area (Å²) in [5, 5.41) is 9.18. The van der Waals surface area contributed by atoms with Crippen LogP contribution in [0.15, 0.2) is 22.7 Å². The molecule has 0 heterocycles. The Bertz CT molecular complexity index is 325. The van der Waals surface area contributed by atoms with Crippen molar-refractivity contribution in [2.45, 2.75) is 12.5 Å². The van der Waals surface area contributed by atoms with E-state index >= 15 is 0 Å². The SMILES string of the molecule is COc1ccc(Br)cc1CC(O)C=O. The summed E-state index contributed by atoms with van der Waals surface area (Å²) < 4.78 is 5.99. The van der Waals surface area contributed by atoms with Crippen LogP contribution in [0.1, 0.15) is 5.56 Å². The lowest BCUT2D eigenvalue weighted by Crippen LogP contribution is -2.12. The van der Waals surface area contributed by atoms with Gasteiger partial charge in [0.15, 0.2) is 0 Å². The molecule has 0 amide bonds. The summed E-state index contributed by atoms with van der Waals surface area (Å²) in [5.41, 5.74) is 0.807. The quantitative estimate of drug-likeness (QED) is 0.834. The third kappa shape index (κ3) is 2.82. The molecule has 0 radical (unpaired) electrons. The number of methoxy groups -OCH3 is 1. The number of carbonyl (C=O) groups excluding carboxylic acids is 1. The first kappa shape index (κ1) is 11.2. The van der Waals surface area contributed by atoms with Crippen molar-refractivity contribution in [2.75, 3.05) is 7.11 Å². The lowest BCUT2D eigenvalue weighted by Gasteiger charge is -2.09. The Morgan fingerprint density at radius 3 is 2.93 bits per heavy atom.